The fourth-order valence-electron chi connectivity index (χ4n) is 1.66. The van der Waals surface area contributed by atoms with E-state index in [9.17, 15) is 19.2 Å². The van der Waals surface area contributed by atoms with Gasteiger partial charge in [0.2, 0.25) is 18.1 Å². The fraction of sp³-hybridized carbons (Fsp3) is 0.556. The lowest BCUT2D eigenvalue weighted by Gasteiger charge is -2.15. The normalized spacial score (nSPS) is 21.0. The van der Waals surface area contributed by atoms with Crippen LogP contribution in [0.5, 0.6) is 0 Å². The number of amides is 3. The Kier molecular flexibility index (Phi) is 3.98. The smallest absolute Gasteiger partial charge is 0.287 e. The van der Waals surface area contributed by atoms with Gasteiger partial charge in [-0.25, -0.2) is 0 Å². The molecule has 2 atom stereocenters. The topological polar surface area (TPSA) is 118 Å². The zero-order valence-electron chi connectivity index (χ0n) is 8.56. The van der Waals surface area contributed by atoms with Gasteiger partial charge < -0.3 is 16.4 Å². The second-order valence-electron chi connectivity index (χ2n) is 3.58. The molecule has 1 saturated heterocycles. The number of ketones is 1. The van der Waals surface area contributed by atoms with Gasteiger partial charge in [-0.2, -0.15) is 0 Å². The van der Waals surface area contributed by atoms with E-state index in [4.69, 9.17) is 5.73 Å². The Morgan fingerprint density at radius 1 is 1.62 bits per heavy atom. The number of primary amides is 1. The number of hydrogen-bond donors (Lipinski definition) is 3. The van der Waals surface area contributed by atoms with Crippen molar-refractivity contribution in [3.63, 3.8) is 0 Å². The Morgan fingerprint density at radius 3 is 2.75 bits per heavy atom. The first-order valence-corrected chi connectivity index (χ1v) is 4.87. The van der Waals surface area contributed by atoms with Crippen molar-refractivity contribution in [2.45, 2.75) is 18.9 Å². The van der Waals surface area contributed by atoms with Gasteiger partial charge in [-0.15, -0.1) is 0 Å². The van der Waals surface area contributed by atoms with E-state index in [1.807, 2.05) is 0 Å². The molecule has 0 bridgehead atoms. The molecule has 7 heteroatoms. The summed E-state index contributed by atoms with van der Waals surface area (Å²) < 4.78 is 0. The number of nitrogens with one attached hydrogen (secondary N) is 2. The minimum absolute atomic E-state index is 0.104. The summed E-state index contributed by atoms with van der Waals surface area (Å²) in [5, 5.41) is 4.80. The second kappa shape index (κ2) is 5.24. The molecule has 7 nitrogen and oxygen atoms in total. The first kappa shape index (κ1) is 12.2. The van der Waals surface area contributed by atoms with E-state index in [0.717, 1.165) is 0 Å². The van der Waals surface area contributed by atoms with Crippen molar-refractivity contribution < 1.29 is 19.2 Å². The molecule has 0 aromatic carbocycles. The van der Waals surface area contributed by atoms with Crippen molar-refractivity contribution in [1.82, 2.24) is 10.6 Å². The largest absolute Gasteiger partial charge is 0.363 e. The molecular formula is C9H13N3O4. The van der Waals surface area contributed by atoms with Crippen LogP contribution in [-0.2, 0) is 19.2 Å². The number of rotatable bonds is 6. The van der Waals surface area contributed by atoms with Crippen molar-refractivity contribution >= 4 is 24.0 Å². The quantitative estimate of drug-likeness (QED) is 0.348. The van der Waals surface area contributed by atoms with E-state index < -0.39 is 17.7 Å². The van der Waals surface area contributed by atoms with Crippen LogP contribution in [0.1, 0.15) is 12.8 Å². The molecular weight excluding hydrogens is 214 g/mol. The summed E-state index contributed by atoms with van der Waals surface area (Å²) in [6, 6.07) is -1.01. The van der Waals surface area contributed by atoms with Crippen LogP contribution in [-0.4, -0.2) is 36.6 Å². The van der Waals surface area contributed by atoms with Gasteiger partial charge >= 0.3 is 0 Å². The third-order valence-corrected chi connectivity index (χ3v) is 2.51. The lowest BCUT2D eigenvalue weighted by molar-refractivity contribution is -0.138. The first-order chi connectivity index (χ1) is 7.56. The van der Waals surface area contributed by atoms with Crippen molar-refractivity contribution in [3.8, 4) is 0 Å². The van der Waals surface area contributed by atoms with E-state index in [0.29, 0.717) is 19.4 Å². The van der Waals surface area contributed by atoms with Gasteiger partial charge in [-0.05, 0) is 12.8 Å². The van der Waals surface area contributed by atoms with Crippen LogP contribution in [0.25, 0.3) is 0 Å². The minimum atomic E-state index is -1.11. The van der Waals surface area contributed by atoms with Crippen LogP contribution in [0, 0.1) is 5.92 Å². The van der Waals surface area contributed by atoms with E-state index in [2.05, 4.69) is 10.6 Å². The van der Waals surface area contributed by atoms with Crippen LogP contribution in [0.15, 0.2) is 0 Å². The zero-order chi connectivity index (χ0) is 12.1. The minimum Gasteiger partial charge on any atom is -0.363 e. The molecule has 0 radical (unpaired) electrons. The number of Topliss-reactive ketones (excluding diaryl/α,β-unsaturated/α-hetero) is 1. The van der Waals surface area contributed by atoms with Crippen LogP contribution in [0.3, 0.4) is 0 Å². The molecule has 4 N–H and O–H groups in total. The standard InChI is InChI=1S/C9H13N3O4/c10-8(15)7(14)6(12-4-13)3-5-1-2-11-9(5)16/h4-6H,1-3H2,(H2,10,15)(H,11,16)(H,12,13). The molecule has 0 spiro atoms. The number of nitrogens with two attached hydrogens (primary N) is 1. The Bertz CT molecular complexity index is 329. The maximum absolute atomic E-state index is 11.3. The maximum Gasteiger partial charge on any atom is 0.287 e. The molecule has 0 aromatic rings. The Hall–Kier alpha value is -1.92. The summed E-state index contributed by atoms with van der Waals surface area (Å²) >= 11 is 0. The molecule has 88 valence electrons. The summed E-state index contributed by atoms with van der Waals surface area (Å²) in [5.74, 6) is -2.53. The van der Waals surface area contributed by atoms with E-state index in [-0.39, 0.29) is 18.2 Å². The molecule has 1 rings (SSSR count). The SMILES string of the molecule is NC(=O)C(=O)C(CC1CCNC1=O)NC=O. The van der Waals surface area contributed by atoms with Crippen molar-refractivity contribution in [2.75, 3.05) is 6.54 Å². The van der Waals surface area contributed by atoms with E-state index in [1.54, 1.807) is 0 Å². The highest BCUT2D eigenvalue weighted by Crippen LogP contribution is 2.16. The van der Waals surface area contributed by atoms with E-state index in [1.165, 1.54) is 0 Å². The number of hydrogen-bond acceptors (Lipinski definition) is 4. The molecule has 0 saturated carbocycles. The van der Waals surface area contributed by atoms with Gasteiger partial charge in [-0.1, -0.05) is 0 Å². The van der Waals surface area contributed by atoms with Crippen LogP contribution < -0.4 is 16.4 Å². The van der Waals surface area contributed by atoms with E-state index >= 15 is 0 Å². The molecule has 3 amide bonds. The van der Waals surface area contributed by atoms with Crippen molar-refractivity contribution in [1.29, 1.82) is 0 Å². The molecule has 0 aromatic heterocycles. The summed E-state index contributed by atoms with van der Waals surface area (Å²) in [4.78, 5) is 43.5. The Labute approximate surface area is 91.7 Å². The van der Waals surface area contributed by atoms with Gasteiger partial charge in [-0.3, -0.25) is 19.2 Å². The summed E-state index contributed by atoms with van der Waals surface area (Å²) in [7, 11) is 0. The highest BCUT2D eigenvalue weighted by Gasteiger charge is 2.31. The molecule has 1 aliphatic heterocycles. The van der Waals surface area contributed by atoms with Gasteiger partial charge in [0.25, 0.3) is 5.91 Å². The van der Waals surface area contributed by atoms with Gasteiger partial charge in [0.05, 0.1) is 6.04 Å². The van der Waals surface area contributed by atoms with Crippen molar-refractivity contribution in [2.24, 2.45) is 11.7 Å². The summed E-state index contributed by atoms with van der Waals surface area (Å²) in [5.41, 5.74) is 4.83. The molecule has 1 fully saturated rings. The third-order valence-electron chi connectivity index (χ3n) is 2.51. The fourth-order valence-corrected chi connectivity index (χ4v) is 1.66. The zero-order valence-corrected chi connectivity index (χ0v) is 8.56. The molecule has 1 aliphatic rings. The van der Waals surface area contributed by atoms with Crippen molar-refractivity contribution in [3.05, 3.63) is 0 Å². The lowest BCUT2D eigenvalue weighted by Crippen LogP contribution is -2.44. The first-order valence-electron chi connectivity index (χ1n) is 4.87. The maximum atomic E-state index is 11.3. The Balaban J connectivity index is 2.63. The second-order valence-corrected chi connectivity index (χ2v) is 3.58. The predicted octanol–water partition coefficient (Wildman–Crippen LogP) is -2.32. The van der Waals surface area contributed by atoms with Gasteiger partial charge in [0.1, 0.15) is 0 Å². The van der Waals surface area contributed by atoms with Crippen LogP contribution in [0.2, 0.25) is 0 Å². The molecule has 0 aliphatic carbocycles. The highest BCUT2D eigenvalue weighted by molar-refractivity contribution is 6.37. The van der Waals surface area contributed by atoms with Gasteiger partial charge in [0.15, 0.2) is 0 Å². The molecule has 1 heterocycles. The van der Waals surface area contributed by atoms with Crippen LogP contribution in [0.4, 0.5) is 0 Å². The summed E-state index contributed by atoms with van der Waals surface area (Å²) in [6.07, 6.45) is 1.01. The average molecular weight is 227 g/mol. The number of carbonyl (C=O) groups is 4. The average Bonchev–Trinajstić information content (AvgIpc) is 2.62. The Morgan fingerprint density at radius 2 is 2.31 bits per heavy atom. The van der Waals surface area contributed by atoms with Gasteiger partial charge in [0, 0.05) is 12.5 Å². The molecule has 2 unspecified atom stereocenters. The monoisotopic (exact) mass is 227 g/mol. The lowest BCUT2D eigenvalue weighted by atomic mass is 9.96. The molecule has 16 heavy (non-hydrogen) atoms. The summed E-state index contributed by atoms with van der Waals surface area (Å²) in [6.45, 7) is 0.544. The number of carbonyl (C=O) groups excluding carboxylic acids is 4. The highest BCUT2D eigenvalue weighted by atomic mass is 16.2. The predicted molar refractivity (Wildman–Crippen MR) is 52.9 cm³/mol. The van der Waals surface area contributed by atoms with Crippen LogP contribution >= 0.6 is 0 Å². The third kappa shape index (κ3) is 2.78.